The predicted molar refractivity (Wildman–Crippen MR) is 89.9 cm³/mol. The summed E-state index contributed by atoms with van der Waals surface area (Å²) in [5, 5.41) is 16.6. The SMILES string of the molecule is COc1cc(OC)c([C@@H]2C(C#N)=C(N)Oc3n[nH]c(C)c32)cc1Br. The molecule has 0 bridgehead atoms. The number of aryl methyl sites for hydroxylation is 1. The van der Waals surface area contributed by atoms with E-state index in [0.717, 1.165) is 21.3 Å². The molecule has 2 aromatic rings. The van der Waals surface area contributed by atoms with E-state index in [4.69, 9.17) is 19.9 Å². The van der Waals surface area contributed by atoms with Crippen LogP contribution in [0.5, 0.6) is 17.4 Å². The number of nitrogens with one attached hydrogen (secondary N) is 1. The van der Waals surface area contributed by atoms with Crippen molar-refractivity contribution in [1.82, 2.24) is 10.2 Å². The van der Waals surface area contributed by atoms with Gasteiger partial charge in [0.2, 0.25) is 11.8 Å². The minimum absolute atomic E-state index is 0.0375. The quantitative estimate of drug-likeness (QED) is 0.834. The second-order valence-corrected chi connectivity index (χ2v) is 6.08. The van der Waals surface area contributed by atoms with Gasteiger partial charge in [0.25, 0.3) is 0 Å². The Morgan fingerprint density at radius 2 is 2.04 bits per heavy atom. The van der Waals surface area contributed by atoms with E-state index < -0.39 is 5.92 Å². The molecular weight excluding hydrogens is 376 g/mol. The number of aromatic nitrogens is 2. The molecule has 0 unspecified atom stereocenters. The number of fused-ring (bicyclic) bond motifs is 1. The summed E-state index contributed by atoms with van der Waals surface area (Å²) in [5.74, 6) is 1.16. The summed E-state index contributed by atoms with van der Waals surface area (Å²) in [6.45, 7) is 1.86. The third-order valence-electron chi connectivity index (χ3n) is 3.94. The van der Waals surface area contributed by atoms with E-state index in [2.05, 4.69) is 32.2 Å². The van der Waals surface area contributed by atoms with E-state index in [1.54, 1.807) is 20.3 Å². The molecule has 1 aromatic heterocycles. The largest absolute Gasteiger partial charge is 0.496 e. The van der Waals surface area contributed by atoms with Gasteiger partial charge in [-0.1, -0.05) is 0 Å². The lowest BCUT2D eigenvalue weighted by Crippen LogP contribution is -2.21. The highest BCUT2D eigenvalue weighted by molar-refractivity contribution is 9.10. The van der Waals surface area contributed by atoms with Crippen LogP contribution >= 0.6 is 15.9 Å². The van der Waals surface area contributed by atoms with Crippen LogP contribution in [0.15, 0.2) is 28.1 Å². The average Bonchev–Trinajstić information content (AvgIpc) is 2.94. The molecule has 124 valence electrons. The monoisotopic (exact) mass is 390 g/mol. The van der Waals surface area contributed by atoms with Crippen LogP contribution < -0.4 is 19.9 Å². The van der Waals surface area contributed by atoms with E-state index in [1.807, 2.05) is 13.0 Å². The normalized spacial score (nSPS) is 16.2. The maximum Gasteiger partial charge on any atom is 0.244 e. The summed E-state index contributed by atoms with van der Waals surface area (Å²) in [6.07, 6.45) is 0. The molecule has 0 saturated carbocycles. The van der Waals surface area contributed by atoms with Crippen LogP contribution in [-0.4, -0.2) is 24.4 Å². The van der Waals surface area contributed by atoms with Crippen molar-refractivity contribution in [1.29, 1.82) is 5.26 Å². The van der Waals surface area contributed by atoms with Gasteiger partial charge in [-0.15, -0.1) is 5.10 Å². The van der Waals surface area contributed by atoms with Gasteiger partial charge in [-0.05, 0) is 28.9 Å². The van der Waals surface area contributed by atoms with E-state index in [9.17, 15) is 5.26 Å². The summed E-state index contributed by atoms with van der Waals surface area (Å²) in [5.41, 5.74) is 8.56. The number of benzene rings is 1. The number of aromatic amines is 1. The fraction of sp³-hybridized carbons (Fsp3) is 0.250. The number of nitriles is 1. The zero-order valence-corrected chi connectivity index (χ0v) is 14.9. The van der Waals surface area contributed by atoms with Crippen LogP contribution in [-0.2, 0) is 0 Å². The Hall–Kier alpha value is -2.66. The summed E-state index contributed by atoms with van der Waals surface area (Å²) in [7, 11) is 3.14. The third kappa shape index (κ3) is 2.37. The lowest BCUT2D eigenvalue weighted by molar-refractivity contribution is 0.372. The highest BCUT2D eigenvalue weighted by atomic mass is 79.9. The first-order valence-electron chi connectivity index (χ1n) is 7.05. The maximum atomic E-state index is 9.61. The Labute approximate surface area is 147 Å². The molecule has 0 fully saturated rings. The first kappa shape index (κ1) is 16.2. The number of halogens is 1. The van der Waals surface area contributed by atoms with E-state index >= 15 is 0 Å². The zero-order chi connectivity index (χ0) is 17.4. The first-order valence-corrected chi connectivity index (χ1v) is 7.85. The van der Waals surface area contributed by atoms with Gasteiger partial charge >= 0.3 is 0 Å². The smallest absolute Gasteiger partial charge is 0.244 e. The second-order valence-electron chi connectivity index (χ2n) is 5.22. The first-order chi connectivity index (χ1) is 11.5. The molecule has 0 amide bonds. The van der Waals surface area contributed by atoms with Crippen molar-refractivity contribution in [3.8, 4) is 23.4 Å². The molecule has 1 aliphatic heterocycles. The van der Waals surface area contributed by atoms with Crippen molar-refractivity contribution in [3.05, 3.63) is 44.9 Å². The lowest BCUT2D eigenvalue weighted by Gasteiger charge is -2.25. The molecule has 0 saturated heterocycles. The number of hydrogen-bond donors (Lipinski definition) is 2. The third-order valence-corrected chi connectivity index (χ3v) is 4.56. The number of allylic oxidation sites excluding steroid dienone is 1. The van der Waals surface area contributed by atoms with Crippen LogP contribution in [0.1, 0.15) is 22.7 Å². The number of rotatable bonds is 3. The van der Waals surface area contributed by atoms with Crippen molar-refractivity contribution in [2.75, 3.05) is 14.2 Å². The number of ether oxygens (including phenoxy) is 3. The Kier molecular flexibility index (Phi) is 4.11. The van der Waals surface area contributed by atoms with E-state index in [-0.39, 0.29) is 5.88 Å². The molecule has 24 heavy (non-hydrogen) atoms. The van der Waals surface area contributed by atoms with Crippen LogP contribution in [0, 0.1) is 18.3 Å². The molecule has 0 spiro atoms. The molecule has 0 radical (unpaired) electrons. The Morgan fingerprint density at radius 1 is 1.33 bits per heavy atom. The fourth-order valence-corrected chi connectivity index (χ4v) is 3.34. The van der Waals surface area contributed by atoms with Crippen molar-refractivity contribution < 1.29 is 14.2 Å². The number of hydrogen-bond acceptors (Lipinski definition) is 6. The Balaban J connectivity index is 2.29. The topological polar surface area (TPSA) is 106 Å². The molecule has 7 nitrogen and oxygen atoms in total. The van der Waals surface area contributed by atoms with E-state index in [1.165, 1.54) is 0 Å². The summed E-state index contributed by atoms with van der Waals surface area (Å²) in [4.78, 5) is 0. The predicted octanol–water partition coefficient (Wildman–Crippen LogP) is 2.72. The van der Waals surface area contributed by atoms with Gasteiger partial charge in [-0.3, -0.25) is 5.10 Å². The number of nitrogens with zero attached hydrogens (tertiary/aromatic N) is 2. The van der Waals surface area contributed by atoms with Crippen molar-refractivity contribution >= 4 is 15.9 Å². The van der Waals surface area contributed by atoms with Crippen LogP contribution in [0.3, 0.4) is 0 Å². The van der Waals surface area contributed by atoms with Crippen molar-refractivity contribution in [3.63, 3.8) is 0 Å². The molecule has 0 aliphatic carbocycles. The van der Waals surface area contributed by atoms with E-state index in [0.29, 0.717) is 23.0 Å². The second kappa shape index (κ2) is 6.09. The molecule has 1 aliphatic rings. The van der Waals surface area contributed by atoms with Gasteiger partial charge < -0.3 is 19.9 Å². The molecule has 1 aromatic carbocycles. The van der Waals surface area contributed by atoms with Gasteiger partial charge in [-0.25, -0.2) is 0 Å². The lowest BCUT2D eigenvalue weighted by atomic mass is 9.83. The summed E-state index contributed by atoms with van der Waals surface area (Å²) in [6, 6.07) is 5.76. The van der Waals surface area contributed by atoms with Crippen LogP contribution in [0.25, 0.3) is 0 Å². The number of nitrogens with two attached hydrogens (primary N) is 1. The van der Waals surface area contributed by atoms with Gasteiger partial charge in [0.15, 0.2) is 0 Å². The Morgan fingerprint density at radius 3 is 2.67 bits per heavy atom. The van der Waals surface area contributed by atoms with Crippen LogP contribution in [0.4, 0.5) is 0 Å². The summed E-state index contributed by atoms with van der Waals surface area (Å²) < 4.78 is 17.0. The highest BCUT2D eigenvalue weighted by Gasteiger charge is 2.36. The average molecular weight is 391 g/mol. The Bertz CT molecular complexity index is 882. The summed E-state index contributed by atoms with van der Waals surface area (Å²) >= 11 is 3.48. The van der Waals surface area contributed by atoms with Gasteiger partial charge in [-0.2, -0.15) is 5.26 Å². The zero-order valence-electron chi connectivity index (χ0n) is 13.3. The van der Waals surface area contributed by atoms with Gasteiger partial charge in [0.1, 0.15) is 23.1 Å². The van der Waals surface area contributed by atoms with Gasteiger partial charge in [0.05, 0.1) is 24.6 Å². The van der Waals surface area contributed by atoms with Crippen molar-refractivity contribution in [2.24, 2.45) is 5.73 Å². The molecular formula is C16H15BrN4O3. The molecule has 2 heterocycles. The minimum atomic E-state index is -0.449. The van der Waals surface area contributed by atoms with Crippen LogP contribution in [0.2, 0.25) is 0 Å². The minimum Gasteiger partial charge on any atom is -0.496 e. The molecule has 3 N–H and O–H groups in total. The maximum absolute atomic E-state index is 9.61. The molecule has 1 atom stereocenters. The van der Waals surface area contributed by atoms with Gasteiger partial charge in [0, 0.05) is 22.9 Å². The fourth-order valence-electron chi connectivity index (χ4n) is 2.82. The molecule has 3 rings (SSSR count). The highest BCUT2D eigenvalue weighted by Crippen LogP contribution is 2.47. The molecule has 8 heteroatoms. The number of methoxy groups -OCH3 is 2. The number of H-pyrrole nitrogens is 1. The standard InChI is InChI=1S/C16H15BrN4O3/c1-7-13-14(9(6-18)15(19)24-16(13)21-20-7)8-4-10(17)12(23-3)5-11(8)22-2/h4-5,14H,19H2,1-3H3,(H,20,21)/t14-/m1/s1. The van der Waals surface area contributed by atoms with Crippen molar-refractivity contribution in [2.45, 2.75) is 12.8 Å².